The highest BCUT2D eigenvalue weighted by atomic mass is 16.4. The van der Waals surface area contributed by atoms with E-state index in [1.165, 1.54) is 0 Å². The molecule has 1 aromatic heterocycles. The average molecular weight is 277 g/mol. The van der Waals surface area contributed by atoms with Crippen molar-refractivity contribution in [1.29, 1.82) is 0 Å². The van der Waals surface area contributed by atoms with E-state index in [0.717, 1.165) is 12.8 Å². The molecule has 0 spiro atoms. The van der Waals surface area contributed by atoms with Crippen LogP contribution in [0.25, 0.3) is 0 Å². The van der Waals surface area contributed by atoms with Crippen molar-refractivity contribution in [3.8, 4) is 0 Å². The minimum absolute atomic E-state index is 0.0422. The molecule has 108 valence electrons. The molecular weight excluding hydrogens is 258 g/mol. The molecule has 1 aliphatic heterocycles. The van der Waals surface area contributed by atoms with Gasteiger partial charge in [-0.05, 0) is 37.8 Å². The molecule has 1 aliphatic rings. The summed E-state index contributed by atoms with van der Waals surface area (Å²) in [5.74, 6) is -0.840. The Hall–Kier alpha value is -2.11. The van der Waals surface area contributed by atoms with Crippen LogP contribution in [0, 0.1) is 12.8 Å². The highest BCUT2D eigenvalue weighted by molar-refractivity contribution is 5.93. The number of hydrogen-bond donors (Lipinski definition) is 2. The molecule has 0 radical (unpaired) electrons. The summed E-state index contributed by atoms with van der Waals surface area (Å²) in [4.78, 5) is 28.9. The Kier molecular flexibility index (Phi) is 3.92. The topological polar surface area (TPSA) is 96.5 Å². The fourth-order valence-corrected chi connectivity index (χ4v) is 2.76. The number of primary amides is 1. The third-order valence-electron chi connectivity index (χ3n) is 3.70. The third-order valence-corrected chi connectivity index (χ3v) is 3.70. The van der Waals surface area contributed by atoms with Crippen molar-refractivity contribution in [2.45, 2.75) is 32.7 Å². The summed E-state index contributed by atoms with van der Waals surface area (Å²) in [6.07, 6.45) is 1.79. The van der Waals surface area contributed by atoms with Gasteiger partial charge in [-0.3, -0.25) is 4.79 Å². The molecule has 0 bridgehead atoms. The number of aryl methyl sites for hydroxylation is 1. The lowest BCUT2D eigenvalue weighted by atomic mass is 9.90. The molecule has 1 aromatic rings. The zero-order chi connectivity index (χ0) is 14.9. The lowest BCUT2D eigenvalue weighted by Gasteiger charge is -2.38. The summed E-state index contributed by atoms with van der Waals surface area (Å²) in [5.41, 5.74) is 6.31. The van der Waals surface area contributed by atoms with Crippen LogP contribution >= 0.6 is 0 Å². The monoisotopic (exact) mass is 277 g/mol. The van der Waals surface area contributed by atoms with Crippen LogP contribution in [0.15, 0.2) is 12.1 Å². The van der Waals surface area contributed by atoms with Crippen LogP contribution in [0.5, 0.6) is 0 Å². The van der Waals surface area contributed by atoms with Gasteiger partial charge < -0.3 is 15.7 Å². The first-order valence-corrected chi connectivity index (χ1v) is 6.68. The lowest BCUT2D eigenvalue weighted by molar-refractivity contribution is -0.140. The Balaban J connectivity index is 2.42. The van der Waals surface area contributed by atoms with Crippen molar-refractivity contribution in [1.82, 2.24) is 4.98 Å². The number of nitrogens with zero attached hydrogens (tertiary/aromatic N) is 2. The van der Waals surface area contributed by atoms with E-state index in [9.17, 15) is 14.7 Å². The minimum atomic E-state index is -0.860. The van der Waals surface area contributed by atoms with Crippen LogP contribution < -0.4 is 10.6 Å². The maximum absolute atomic E-state index is 11.5. The van der Waals surface area contributed by atoms with Gasteiger partial charge >= 0.3 is 5.97 Å². The van der Waals surface area contributed by atoms with Crippen LogP contribution in [0.2, 0.25) is 0 Å². The van der Waals surface area contributed by atoms with Gasteiger partial charge in [-0.15, -0.1) is 0 Å². The van der Waals surface area contributed by atoms with Crippen molar-refractivity contribution in [2.24, 2.45) is 11.7 Å². The second-order valence-electron chi connectivity index (χ2n) is 5.32. The summed E-state index contributed by atoms with van der Waals surface area (Å²) >= 11 is 0. The predicted octanol–water partition coefficient (Wildman–Crippen LogP) is 1.18. The minimum Gasteiger partial charge on any atom is -0.480 e. The van der Waals surface area contributed by atoms with Crippen molar-refractivity contribution < 1.29 is 14.7 Å². The van der Waals surface area contributed by atoms with E-state index in [1.807, 2.05) is 6.92 Å². The molecule has 1 saturated heterocycles. The number of hydrogen-bond acceptors (Lipinski definition) is 4. The first-order chi connectivity index (χ1) is 9.40. The number of carbonyl (C=O) groups excluding carboxylic acids is 1. The van der Waals surface area contributed by atoms with Crippen molar-refractivity contribution >= 4 is 17.7 Å². The van der Waals surface area contributed by atoms with Gasteiger partial charge in [0.2, 0.25) is 5.91 Å². The van der Waals surface area contributed by atoms with Gasteiger partial charge in [0.15, 0.2) is 0 Å². The molecule has 0 saturated carbocycles. The zero-order valence-electron chi connectivity index (χ0n) is 11.7. The molecule has 0 aromatic carbocycles. The average Bonchev–Trinajstić information content (AvgIpc) is 2.37. The number of carboxylic acid groups (broad SMARTS) is 1. The van der Waals surface area contributed by atoms with Gasteiger partial charge in [-0.1, -0.05) is 6.92 Å². The number of anilines is 1. The molecule has 2 atom stereocenters. The van der Waals surface area contributed by atoms with Crippen LogP contribution in [-0.2, 0) is 4.79 Å². The van der Waals surface area contributed by atoms with Gasteiger partial charge in [-0.2, -0.15) is 0 Å². The molecule has 0 aliphatic carbocycles. The Labute approximate surface area is 117 Å². The molecule has 2 rings (SSSR count). The highest BCUT2D eigenvalue weighted by Gasteiger charge is 2.35. The van der Waals surface area contributed by atoms with E-state index in [4.69, 9.17) is 5.73 Å². The summed E-state index contributed by atoms with van der Waals surface area (Å²) in [5, 5.41) is 9.43. The van der Waals surface area contributed by atoms with E-state index in [-0.39, 0.29) is 5.92 Å². The van der Waals surface area contributed by atoms with Crippen LogP contribution in [0.1, 0.15) is 35.8 Å². The maximum atomic E-state index is 11.5. The predicted molar refractivity (Wildman–Crippen MR) is 74.7 cm³/mol. The molecular formula is C14H19N3O3. The molecule has 3 N–H and O–H groups in total. The smallest absolute Gasteiger partial charge is 0.326 e. The number of aliphatic carboxylic acids is 1. The number of rotatable bonds is 3. The van der Waals surface area contributed by atoms with Crippen LogP contribution in [0.4, 0.5) is 5.82 Å². The molecule has 1 amide bonds. The van der Waals surface area contributed by atoms with Gasteiger partial charge in [-0.25, -0.2) is 9.78 Å². The van der Waals surface area contributed by atoms with Crippen molar-refractivity contribution in [3.63, 3.8) is 0 Å². The van der Waals surface area contributed by atoms with Gasteiger partial charge in [0, 0.05) is 17.8 Å². The number of carboxylic acids is 1. The number of nitrogens with two attached hydrogens (primary N) is 1. The number of carbonyl (C=O) groups is 2. The zero-order valence-corrected chi connectivity index (χ0v) is 11.7. The summed E-state index contributed by atoms with van der Waals surface area (Å²) in [7, 11) is 0. The van der Waals surface area contributed by atoms with Crippen molar-refractivity contribution in [2.75, 3.05) is 11.4 Å². The Morgan fingerprint density at radius 2 is 2.15 bits per heavy atom. The largest absolute Gasteiger partial charge is 0.480 e. The number of aromatic nitrogens is 1. The molecule has 6 heteroatoms. The first-order valence-electron chi connectivity index (χ1n) is 6.68. The fraction of sp³-hybridized carbons (Fsp3) is 0.500. The molecule has 1 fully saturated rings. The number of pyridine rings is 1. The Morgan fingerprint density at radius 3 is 2.75 bits per heavy atom. The van der Waals surface area contributed by atoms with Crippen LogP contribution in [-0.4, -0.2) is 34.6 Å². The van der Waals surface area contributed by atoms with Crippen molar-refractivity contribution in [3.05, 3.63) is 23.4 Å². The maximum Gasteiger partial charge on any atom is 0.326 e. The van der Waals surface area contributed by atoms with E-state index in [0.29, 0.717) is 23.6 Å². The Morgan fingerprint density at radius 1 is 1.45 bits per heavy atom. The molecule has 2 heterocycles. The molecule has 2 unspecified atom stereocenters. The standard InChI is InChI=1S/C14H19N3O3/c1-8-4-3-5-17(12(8)14(19)20)11-7-10(13(15)18)6-9(2)16-11/h6-8,12H,3-5H2,1-2H3,(H2,15,18)(H,19,20). The first kappa shape index (κ1) is 14.3. The molecule has 20 heavy (non-hydrogen) atoms. The van der Waals surface area contributed by atoms with Gasteiger partial charge in [0.25, 0.3) is 0 Å². The molecule has 6 nitrogen and oxygen atoms in total. The van der Waals surface area contributed by atoms with Crippen LogP contribution in [0.3, 0.4) is 0 Å². The number of piperidine rings is 1. The van der Waals surface area contributed by atoms with E-state index >= 15 is 0 Å². The Bertz CT molecular complexity index is 544. The quantitative estimate of drug-likeness (QED) is 0.864. The normalized spacial score (nSPS) is 22.6. The van der Waals surface area contributed by atoms with E-state index < -0.39 is 17.9 Å². The fourth-order valence-electron chi connectivity index (χ4n) is 2.76. The second-order valence-corrected chi connectivity index (χ2v) is 5.32. The summed E-state index contributed by atoms with van der Waals surface area (Å²) < 4.78 is 0. The van der Waals surface area contributed by atoms with Gasteiger partial charge in [0.1, 0.15) is 11.9 Å². The number of amides is 1. The van der Waals surface area contributed by atoms with E-state index in [1.54, 1.807) is 24.0 Å². The lowest BCUT2D eigenvalue weighted by Crippen LogP contribution is -2.49. The summed E-state index contributed by atoms with van der Waals surface area (Å²) in [6.45, 7) is 4.31. The highest BCUT2D eigenvalue weighted by Crippen LogP contribution is 2.28. The second kappa shape index (κ2) is 5.48. The third kappa shape index (κ3) is 2.74. The summed E-state index contributed by atoms with van der Waals surface area (Å²) in [6, 6.07) is 2.57. The van der Waals surface area contributed by atoms with Gasteiger partial charge in [0.05, 0.1) is 0 Å². The van der Waals surface area contributed by atoms with E-state index in [2.05, 4.69) is 4.98 Å². The SMILES string of the molecule is Cc1cc(C(N)=O)cc(N2CCCC(C)C2C(=O)O)n1.